The maximum Gasteiger partial charge on any atom is 0.259 e. The number of carbonyl (C=O) groups is 1. The molecule has 8 heteroatoms. The predicted molar refractivity (Wildman–Crippen MR) is 92.4 cm³/mol. The molecule has 8 nitrogen and oxygen atoms in total. The number of nitrogens with one attached hydrogen (secondary N) is 1. The van der Waals surface area contributed by atoms with E-state index in [1.807, 2.05) is 20.9 Å². The zero-order valence-electron chi connectivity index (χ0n) is 14.6. The molecule has 0 atom stereocenters. The van der Waals surface area contributed by atoms with Crippen molar-refractivity contribution in [3.05, 3.63) is 29.3 Å². The Kier molecular flexibility index (Phi) is 4.48. The van der Waals surface area contributed by atoms with Crippen molar-refractivity contribution in [2.75, 3.05) is 43.4 Å². The van der Waals surface area contributed by atoms with Gasteiger partial charge in [-0.3, -0.25) is 9.48 Å². The second-order valence-corrected chi connectivity index (χ2v) is 6.19. The van der Waals surface area contributed by atoms with Gasteiger partial charge in [-0.05, 0) is 20.9 Å². The number of rotatable bonds is 3. The number of aryl methyl sites for hydroxylation is 2. The highest BCUT2D eigenvalue weighted by Crippen LogP contribution is 2.16. The maximum absolute atomic E-state index is 12.5. The first-order chi connectivity index (χ1) is 11.5. The molecule has 0 unspecified atom stereocenters. The first-order valence-electron chi connectivity index (χ1n) is 8.03. The van der Waals surface area contributed by atoms with Crippen LogP contribution in [0.1, 0.15) is 21.7 Å². The molecule has 0 radical (unpaired) electrons. The van der Waals surface area contributed by atoms with Crippen LogP contribution in [-0.2, 0) is 7.05 Å². The van der Waals surface area contributed by atoms with Gasteiger partial charge in [0.25, 0.3) is 5.91 Å². The van der Waals surface area contributed by atoms with Crippen molar-refractivity contribution in [1.82, 2.24) is 24.6 Å². The molecule has 0 aliphatic carbocycles. The number of carbonyl (C=O) groups excluding carboxylic acids is 1. The first-order valence-corrected chi connectivity index (χ1v) is 8.03. The molecule has 2 aromatic rings. The van der Waals surface area contributed by atoms with E-state index in [0.717, 1.165) is 31.9 Å². The third-order valence-electron chi connectivity index (χ3n) is 4.42. The van der Waals surface area contributed by atoms with Gasteiger partial charge in [-0.25, -0.2) is 9.97 Å². The van der Waals surface area contributed by atoms with Gasteiger partial charge in [-0.2, -0.15) is 5.10 Å². The molecule has 24 heavy (non-hydrogen) atoms. The number of nitrogens with zero attached hydrogens (tertiary/aromatic N) is 6. The smallest absolute Gasteiger partial charge is 0.259 e. The third-order valence-corrected chi connectivity index (χ3v) is 4.42. The highest BCUT2D eigenvalue weighted by atomic mass is 16.1. The van der Waals surface area contributed by atoms with Crippen LogP contribution in [0.4, 0.5) is 11.6 Å². The molecular formula is C16H23N7O. The van der Waals surface area contributed by atoms with Gasteiger partial charge in [0.15, 0.2) is 0 Å². The number of hydrogen-bond acceptors (Lipinski definition) is 6. The van der Waals surface area contributed by atoms with Crippen LogP contribution in [0.15, 0.2) is 12.4 Å². The first kappa shape index (κ1) is 16.4. The van der Waals surface area contributed by atoms with Gasteiger partial charge < -0.3 is 15.1 Å². The molecule has 1 N–H and O–H groups in total. The quantitative estimate of drug-likeness (QED) is 0.899. The maximum atomic E-state index is 12.5. The van der Waals surface area contributed by atoms with E-state index in [1.54, 1.807) is 17.1 Å². The molecular weight excluding hydrogens is 306 g/mol. The van der Waals surface area contributed by atoms with Gasteiger partial charge in [0, 0.05) is 38.9 Å². The monoisotopic (exact) mass is 329 g/mol. The molecule has 3 heterocycles. The van der Waals surface area contributed by atoms with Crippen LogP contribution in [0.2, 0.25) is 0 Å². The van der Waals surface area contributed by atoms with E-state index in [-0.39, 0.29) is 5.91 Å². The lowest BCUT2D eigenvalue weighted by Crippen LogP contribution is -2.45. The SMILES string of the molecule is Cc1nn(C)c(C)c1C(=O)Nc1cnc(N2CCN(C)CC2)nc1. The van der Waals surface area contributed by atoms with E-state index in [9.17, 15) is 4.79 Å². The molecule has 1 aliphatic rings. The highest BCUT2D eigenvalue weighted by Gasteiger charge is 2.19. The second-order valence-electron chi connectivity index (χ2n) is 6.19. The zero-order valence-corrected chi connectivity index (χ0v) is 14.6. The summed E-state index contributed by atoms with van der Waals surface area (Å²) in [6, 6.07) is 0. The van der Waals surface area contributed by atoms with Crippen LogP contribution in [0.3, 0.4) is 0 Å². The van der Waals surface area contributed by atoms with Gasteiger partial charge >= 0.3 is 0 Å². The van der Waals surface area contributed by atoms with E-state index in [0.29, 0.717) is 22.9 Å². The summed E-state index contributed by atoms with van der Waals surface area (Å²) in [5.74, 6) is 0.517. The summed E-state index contributed by atoms with van der Waals surface area (Å²) in [6.07, 6.45) is 3.30. The van der Waals surface area contributed by atoms with Crippen molar-refractivity contribution in [3.63, 3.8) is 0 Å². The van der Waals surface area contributed by atoms with Crippen molar-refractivity contribution in [2.24, 2.45) is 7.05 Å². The summed E-state index contributed by atoms with van der Waals surface area (Å²) in [5, 5.41) is 7.12. The van der Waals surface area contributed by atoms with E-state index in [4.69, 9.17) is 0 Å². The molecule has 1 amide bonds. The number of aromatic nitrogens is 4. The van der Waals surface area contributed by atoms with Crippen LogP contribution in [0.25, 0.3) is 0 Å². The van der Waals surface area contributed by atoms with Gasteiger partial charge in [0.1, 0.15) is 0 Å². The molecule has 0 bridgehead atoms. The molecule has 1 fully saturated rings. The lowest BCUT2D eigenvalue weighted by molar-refractivity contribution is 0.102. The Morgan fingerprint density at radius 2 is 1.71 bits per heavy atom. The summed E-state index contributed by atoms with van der Waals surface area (Å²) in [4.78, 5) is 25.7. The molecule has 1 saturated heterocycles. The molecule has 0 saturated carbocycles. The van der Waals surface area contributed by atoms with Crippen molar-refractivity contribution >= 4 is 17.5 Å². The summed E-state index contributed by atoms with van der Waals surface area (Å²) < 4.78 is 1.71. The fraction of sp³-hybridized carbons (Fsp3) is 0.500. The van der Waals surface area contributed by atoms with Gasteiger partial charge in [0.05, 0.1) is 29.3 Å². The van der Waals surface area contributed by atoms with E-state index < -0.39 is 0 Å². The van der Waals surface area contributed by atoms with E-state index in [1.165, 1.54) is 0 Å². The summed E-state index contributed by atoms with van der Waals surface area (Å²) >= 11 is 0. The van der Waals surface area contributed by atoms with Crippen LogP contribution in [0.5, 0.6) is 0 Å². The molecule has 1 aliphatic heterocycles. The average molecular weight is 329 g/mol. The molecule has 128 valence electrons. The van der Waals surface area contributed by atoms with Crippen LogP contribution in [-0.4, -0.2) is 63.8 Å². The topological polar surface area (TPSA) is 79.2 Å². The minimum absolute atomic E-state index is 0.186. The Bertz CT molecular complexity index is 730. The van der Waals surface area contributed by atoms with Crippen LogP contribution < -0.4 is 10.2 Å². The number of amides is 1. The second kappa shape index (κ2) is 6.56. The zero-order chi connectivity index (χ0) is 17.3. The Hall–Kier alpha value is -2.48. The number of hydrogen-bond donors (Lipinski definition) is 1. The molecule has 2 aromatic heterocycles. The Balaban J connectivity index is 1.69. The van der Waals surface area contributed by atoms with Gasteiger partial charge in [-0.1, -0.05) is 0 Å². The Labute approximate surface area is 141 Å². The number of piperazine rings is 1. The normalized spacial score (nSPS) is 15.6. The number of anilines is 2. The largest absolute Gasteiger partial charge is 0.338 e. The minimum Gasteiger partial charge on any atom is -0.338 e. The third kappa shape index (κ3) is 3.23. The van der Waals surface area contributed by atoms with Gasteiger partial charge in [-0.15, -0.1) is 0 Å². The number of likely N-dealkylation sites (N-methyl/N-ethyl adjacent to an activating group) is 1. The summed E-state index contributed by atoms with van der Waals surface area (Å²) in [5.41, 5.74) is 2.73. The van der Waals surface area contributed by atoms with Crippen molar-refractivity contribution in [3.8, 4) is 0 Å². The van der Waals surface area contributed by atoms with Crippen molar-refractivity contribution in [2.45, 2.75) is 13.8 Å². The predicted octanol–water partition coefficient (Wildman–Crippen LogP) is 0.831. The van der Waals surface area contributed by atoms with Crippen LogP contribution >= 0.6 is 0 Å². The average Bonchev–Trinajstić information content (AvgIpc) is 2.81. The minimum atomic E-state index is -0.186. The van der Waals surface area contributed by atoms with E-state index in [2.05, 4.69) is 37.2 Å². The Morgan fingerprint density at radius 1 is 1.08 bits per heavy atom. The fourth-order valence-corrected chi connectivity index (χ4v) is 2.85. The van der Waals surface area contributed by atoms with E-state index >= 15 is 0 Å². The fourth-order valence-electron chi connectivity index (χ4n) is 2.85. The summed E-state index contributed by atoms with van der Waals surface area (Å²) in [7, 11) is 3.94. The highest BCUT2D eigenvalue weighted by molar-refractivity contribution is 6.05. The standard InChI is InChI=1S/C16H23N7O/c1-11-14(12(2)22(4)20-11)15(24)19-13-9-17-16(18-10-13)23-7-5-21(3)6-8-23/h9-10H,5-8H2,1-4H3,(H,19,24). The summed E-state index contributed by atoms with van der Waals surface area (Å²) in [6.45, 7) is 7.53. The molecule has 0 aromatic carbocycles. The van der Waals surface area contributed by atoms with Gasteiger partial charge in [0.2, 0.25) is 5.95 Å². The molecule has 0 spiro atoms. The van der Waals surface area contributed by atoms with Crippen molar-refractivity contribution in [1.29, 1.82) is 0 Å². The van der Waals surface area contributed by atoms with Crippen molar-refractivity contribution < 1.29 is 4.79 Å². The lowest BCUT2D eigenvalue weighted by Gasteiger charge is -2.32. The molecule has 3 rings (SSSR count). The lowest BCUT2D eigenvalue weighted by atomic mass is 10.2. The Morgan fingerprint density at radius 3 is 2.25 bits per heavy atom. The van der Waals surface area contributed by atoms with Crippen LogP contribution in [0, 0.1) is 13.8 Å².